The van der Waals surface area contributed by atoms with E-state index in [-0.39, 0.29) is 24.0 Å². The van der Waals surface area contributed by atoms with Crippen molar-refractivity contribution in [2.24, 2.45) is 10.8 Å². The molecule has 22 heterocycles. The number of aliphatic hydroxyl groups excluding tert-OH is 21. The maximum atomic E-state index is 11.3. The summed E-state index contributed by atoms with van der Waals surface area (Å²) in [5, 5.41) is 230. The van der Waals surface area contributed by atoms with Gasteiger partial charge in [-0.1, -0.05) is 20.8 Å². The quantitative estimate of drug-likeness (QED) is 0.105. The van der Waals surface area contributed by atoms with Crippen molar-refractivity contribution in [3.8, 4) is 0 Å². The van der Waals surface area contributed by atoms with E-state index in [0.717, 1.165) is 6.04 Å². The molecule has 16 bridgehead atoms. The molecule has 1 saturated carbocycles. The Hall–Kier alpha value is -0.710. The number of ether oxygens (including phenoxy) is 14. The summed E-state index contributed by atoms with van der Waals surface area (Å²) >= 11 is 0. The first-order chi connectivity index (χ1) is 42.1. The SMILES string of the molecule is CN1CC2(C)CC1CC(C)(C)C2.I.OC[C@H]1O[C@@H]2O[C@H]3[C@H](O)[C@@H](O)[C@@H](O[C@H]4[C@H](O)[C@@H](O)[C@@H](O[C@H]5[C@H](O)[C@@H](O)[C@@H](O[C@H]6[C@H](O)[C@@H](O)[C@@H](O[C@H]7[C@H](O)[C@@H](O)[C@@H](O[C@H]8[C@H](O)[C@@H](O)[C@@H](O[C@H]1[C@H](O)[C@H]2O)O[C@@H]8CO)O[C@@H]7CO)O[C@@H]6CO)O[C@@H]5CO)O[C@@H]4CO)O[C@@H]3CO. The summed E-state index contributed by atoms with van der Waals surface area (Å²) in [4.78, 5) is 2.56. The van der Waals surface area contributed by atoms with Crippen LogP contribution in [-0.4, -0.2) is 393 Å². The molecule has 37 heteroatoms. The molecule has 36 nitrogen and oxygen atoms in total. The van der Waals surface area contributed by atoms with Crippen LogP contribution in [0.25, 0.3) is 0 Å². The van der Waals surface area contributed by atoms with E-state index in [1.165, 1.54) is 25.8 Å². The van der Waals surface area contributed by atoms with E-state index in [2.05, 4.69) is 32.7 Å². The highest BCUT2D eigenvalue weighted by atomic mass is 127. The average Bonchev–Trinajstić information content (AvgIpc) is 1.02. The summed E-state index contributed by atoms with van der Waals surface area (Å²) in [6.07, 6.45) is -66.0. The third-order valence-electron chi connectivity index (χ3n) is 18.5. The fourth-order valence-corrected chi connectivity index (χ4v) is 14.2. The molecule has 23 fully saturated rings. The fourth-order valence-electron chi connectivity index (χ4n) is 14.2. The van der Waals surface area contributed by atoms with E-state index in [0.29, 0.717) is 10.8 Å². The largest absolute Gasteiger partial charge is 0.394 e. The lowest BCUT2D eigenvalue weighted by Gasteiger charge is -2.50. The van der Waals surface area contributed by atoms with Gasteiger partial charge in [0.15, 0.2) is 44.0 Å². The van der Waals surface area contributed by atoms with E-state index in [1.807, 2.05) is 0 Å². The molecular weight excluding hydrogens is 1340 g/mol. The second-order valence-electron chi connectivity index (χ2n) is 25.8. The van der Waals surface area contributed by atoms with Crippen molar-refractivity contribution in [1.29, 1.82) is 0 Å². The number of halogens is 1. The van der Waals surface area contributed by atoms with Gasteiger partial charge < -0.3 is 178 Å². The molecule has 0 radical (unpaired) electrons. The van der Waals surface area contributed by atoms with Crippen molar-refractivity contribution in [3.05, 3.63) is 0 Å². The molecular formula is C53H92INO35. The highest BCUT2D eigenvalue weighted by molar-refractivity contribution is 14.0. The molecule has 23 aliphatic rings. The van der Waals surface area contributed by atoms with E-state index >= 15 is 0 Å². The van der Waals surface area contributed by atoms with Gasteiger partial charge in [-0.2, -0.15) is 0 Å². The van der Waals surface area contributed by atoms with Crippen molar-refractivity contribution in [1.82, 2.24) is 4.90 Å². The van der Waals surface area contributed by atoms with Crippen LogP contribution in [0.2, 0.25) is 0 Å². The Morgan fingerprint density at radius 3 is 0.622 bits per heavy atom. The average molecular weight is 1430 g/mol. The van der Waals surface area contributed by atoms with E-state index in [4.69, 9.17) is 66.3 Å². The lowest BCUT2D eigenvalue weighted by molar-refractivity contribution is -0.396. The lowest BCUT2D eigenvalue weighted by Crippen LogP contribution is -2.68. The molecule has 0 spiro atoms. The highest BCUT2D eigenvalue weighted by Crippen LogP contribution is 2.52. The van der Waals surface area contributed by atoms with Gasteiger partial charge in [-0.3, -0.25) is 0 Å². The molecule has 37 atom stereocenters. The zero-order valence-corrected chi connectivity index (χ0v) is 51.9. The third-order valence-corrected chi connectivity index (χ3v) is 18.5. The van der Waals surface area contributed by atoms with Crippen LogP contribution in [-0.2, 0) is 66.3 Å². The molecule has 0 aromatic carbocycles. The molecule has 23 rings (SSSR count). The van der Waals surface area contributed by atoms with Gasteiger partial charge in [-0.15, -0.1) is 24.0 Å². The van der Waals surface area contributed by atoms with Crippen LogP contribution >= 0.6 is 24.0 Å². The molecule has 2 unspecified atom stereocenters. The maximum absolute atomic E-state index is 11.3. The van der Waals surface area contributed by atoms with Crippen LogP contribution < -0.4 is 0 Å². The van der Waals surface area contributed by atoms with Gasteiger partial charge >= 0.3 is 0 Å². The number of nitrogens with zero attached hydrogens (tertiary/aromatic N) is 1. The standard InChI is InChI=1S/C42H70O35.C11H21N.HI/c43-1-8-29-15(50)22(57)36(64-8)72-30-9(2-44)66-38(24(59)17(30)52)74-32-11(4-46)68-40(26(61)19(32)54)76-34-13(6-48)70-42(28(63)21(34)56)77-35-14(7-49)69-41(27(62)20(35)55)75-33-12(5-47)67-39(25(60)18(33)53)73-31-10(3-45)65-37(71-29)23(58)16(31)51;1-10(2)5-9-6-11(3,7-10)8-12(9)4;/h8-63H,1-7H2;9H,5-8H2,1-4H3;1H/t8-,9-,10-,11-,12-,13-,14-,15-,16-,17-,18-,19-,20-,21-,22-,23-,24-,25-,26-,27-,28-,29-,30-,31-,32-,33-,34-,35-,36-,37-,38-,39-,40-,41-,42-;;/m1../s1. The molecule has 21 N–H and O–H groups in total. The molecule has 90 heavy (non-hydrogen) atoms. The minimum absolute atomic E-state index is 0. The maximum Gasteiger partial charge on any atom is 0.187 e. The van der Waals surface area contributed by atoms with Crippen LogP contribution in [0.15, 0.2) is 0 Å². The Morgan fingerprint density at radius 2 is 0.467 bits per heavy atom. The summed E-state index contributed by atoms with van der Waals surface area (Å²) in [6.45, 7) is 1.31. The third kappa shape index (κ3) is 15.3. The summed E-state index contributed by atoms with van der Waals surface area (Å²) in [5.74, 6) is 0. The first-order valence-corrected chi connectivity index (χ1v) is 29.7. The van der Waals surface area contributed by atoms with Crippen LogP contribution in [0.3, 0.4) is 0 Å². The van der Waals surface area contributed by atoms with Crippen LogP contribution in [0, 0.1) is 10.8 Å². The van der Waals surface area contributed by atoms with E-state index < -0.39 is 261 Å². The first kappa shape index (κ1) is 75.1. The van der Waals surface area contributed by atoms with Crippen molar-refractivity contribution in [2.75, 3.05) is 59.8 Å². The normalized spacial score (nSPS) is 53.6. The second-order valence-corrected chi connectivity index (χ2v) is 25.8. The van der Waals surface area contributed by atoms with Gasteiger partial charge in [-0.25, -0.2) is 0 Å². The molecule has 22 aliphatic heterocycles. The Kier molecular flexibility index (Phi) is 25.9. The zero-order valence-electron chi connectivity index (χ0n) is 49.5. The number of fused-ring (bicyclic) bond motifs is 2. The van der Waals surface area contributed by atoms with Crippen molar-refractivity contribution < 1.29 is 174 Å². The smallest absolute Gasteiger partial charge is 0.187 e. The Labute approximate surface area is 532 Å². The van der Waals surface area contributed by atoms with Crippen molar-refractivity contribution in [3.63, 3.8) is 0 Å². The molecule has 0 aromatic heterocycles. The van der Waals surface area contributed by atoms with Crippen LogP contribution in [0.4, 0.5) is 0 Å². The number of aliphatic hydroxyl groups is 21. The Bertz CT molecular complexity index is 1860. The minimum Gasteiger partial charge on any atom is -0.394 e. The number of likely N-dealkylation sites (tertiary alicyclic amines) is 1. The number of hydrogen-bond acceptors (Lipinski definition) is 36. The Balaban J connectivity index is 0.000000714. The molecule has 1 aliphatic carbocycles. The van der Waals surface area contributed by atoms with Crippen molar-refractivity contribution in [2.45, 2.75) is 261 Å². The van der Waals surface area contributed by atoms with Gasteiger partial charge in [0.2, 0.25) is 0 Å². The van der Waals surface area contributed by atoms with Crippen LogP contribution in [0.1, 0.15) is 40.0 Å². The van der Waals surface area contributed by atoms with E-state index in [1.54, 1.807) is 0 Å². The topological polar surface area (TPSA) is 557 Å². The predicted molar refractivity (Wildman–Crippen MR) is 296 cm³/mol. The first-order valence-electron chi connectivity index (χ1n) is 29.7. The van der Waals surface area contributed by atoms with Crippen LogP contribution in [0.5, 0.6) is 0 Å². The highest BCUT2D eigenvalue weighted by Gasteiger charge is 2.60. The predicted octanol–water partition coefficient (Wildman–Crippen LogP) is -12.1. The summed E-state index contributed by atoms with van der Waals surface area (Å²) in [5.41, 5.74) is 1.21. The zero-order chi connectivity index (χ0) is 65.0. The Morgan fingerprint density at radius 1 is 0.289 bits per heavy atom. The molecule has 22 saturated heterocycles. The number of hydrogen-bond donors (Lipinski definition) is 21. The van der Waals surface area contributed by atoms with Gasteiger partial charge in [-0.05, 0) is 37.1 Å². The van der Waals surface area contributed by atoms with Gasteiger partial charge in [0.05, 0.1) is 46.2 Å². The summed E-state index contributed by atoms with van der Waals surface area (Å²) in [6, 6.07) is 0.874. The summed E-state index contributed by atoms with van der Waals surface area (Å²) in [7, 11) is 2.29. The molecule has 526 valence electrons. The van der Waals surface area contributed by atoms with E-state index in [9.17, 15) is 107 Å². The van der Waals surface area contributed by atoms with Gasteiger partial charge in [0.1, 0.15) is 171 Å². The van der Waals surface area contributed by atoms with Gasteiger partial charge in [0.25, 0.3) is 0 Å². The number of rotatable bonds is 7. The monoisotopic (exact) mass is 1430 g/mol. The lowest BCUT2D eigenvalue weighted by atomic mass is 9.65. The van der Waals surface area contributed by atoms with Crippen molar-refractivity contribution >= 4 is 24.0 Å². The second kappa shape index (κ2) is 31.0. The molecule has 0 amide bonds. The minimum atomic E-state index is -2.21. The fraction of sp³-hybridized carbons (Fsp3) is 1.00. The molecule has 0 aromatic rings. The summed E-state index contributed by atoms with van der Waals surface area (Å²) < 4.78 is 79.5. The van der Waals surface area contributed by atoms with Gasteiger partial charge in [0, 0.05) is 12.6 Å².